The molecule has 0 fully saturated rings. The van der Waals surface area contributed by atoms with Crippen LogP contribution < -0.4 is 15.8 Å². The Kier molecular flexibility index (Phi) is 3.84. The molecule has 0 radical (unpaired) electrons. The fourth-order valence-corrected chi connectivity index (χ4v) is 2.97. The zero-order valence-electron chi connectivity index (χ0n) is 13.8. The Morgan fingerprint density at radius 1 is 0.815 bits per heavy atom. The molecular formula is C20H12F2N2O3. The second-order valence-corrected chi connectivity index (χ2v) is 5.94. The molecule has 0 aromatic heterocycles. The van der Waals surface area contributed by atoms with Gasteiger partial charge < -0.3 is 10.5 Å². The highest BCUT2D eigenvalue weighted by Gasteiger charge is 2.30. The summed E-state index contributed by atoms with van der Waals surface area (Å²) in [5, 5.41) is 2.24. The number of amides is 2. The SMILES string of the molecule is Nc1ccc(Oc2ccc(F)cc2F)c(-c2cccc3c2C(=O)NC3=O)c1. The Bertz CT molecular complexity index is 1110. The number of halogens is 2. The van der Waals surface area contributed by atoms with E-state index < -0.39 is 23.4 Å². The van der Waals surface area contributed by atoms with E-state index in [1.54, 1.807) is 24.3 Å². The van der Waals surface area contributed by atoms with E-state index in [-0.39, 0.29) is 22.6 Å². The lowest BCUT2D eigenvalue weighted by molar-refractivity contribution is 0.0880. The Balaban J connectivity index is 1.87. The van der Waals surface area contributed by atoms with Crippen LogP contribution in [0.1, 0.15) is 20.7 Å². The van der Waals surface area contributed by atoms with Gasteiger partial charge in [0, 0.05) is 17.3 Å². The smallest absolute Gasteiger partial charge is 0.259 e. The Labute approximate surface area is 152 Å². The van der Waals surface area contributed by atoms with E-state index in [1.807, 2.05) is 0 Å². The number of fused-ring (bicyclic) bond motifs is 1. The molecule has 27 heavy (non-hydrogen) atoms. The van der Waals surface area contributed by atoms with Crippen molar-refractivity contribution in [1.29, 1.82) is 0 Å². The zero-order chi connectivity index (χ0) is 19.1. The van der Waals surface area contributed by atoms with Crippen molar-refractivity contribution in [2.75, 3.05) is 5.73 Å². The van der Waals surface area contributed by atoms with Gasteiger partial charge in [0.2, 0.25) is 0 Å². The van der Waals surface area contributed by atoms with Crippen LogP contribution in [0.4, 0.5) is 14.5 Å². The molecule has 2 amide bonds. The maximum Gasteiger partial charge on any atom is 0.259 e. The molecule has 4 rings (SSSR count). The minimum atomic E-state index is -0.871. The Morgan fingerprint density at radius 2 is 1.56 bits per heavy atom. The largest absolute Gasteiger partial charge is 0.454 e. The number of ether oxygens (including phenoxy) is 1. The summed E-state index contributed by atoms with van der Waals surface area (Å²) in [7, 11) is 0. The number of nitrogens with one attached hydrogen (secondary N) is 1. The number of rotatable bonds is 3. The van der Waals surface area contributed by atoms with Crippen molar-refractivity contribution < 1.29 is 23.1 Å². The molecule has 7 heteroatoms. The number of carbonyl (C=O) groups excluding carboxylic acids is 2. The fourth-order valence-electron chi connectivity index (χ4n) is 2.97. The molecule has 0 aliphatic carbocycles. The first-order valence-corrected chi connectivity index (χ1v) is 7.95. The predicted octanol–water partition coefficient (Wildman–Crippen LogP) is 3.89. The molecule has 3 N–H and O–H groups in total. The first kappa shape index (κ1) is 16.7. The van der Waals surface area contributed by atoms with Gasteiger partial charge >= 0.3 is 0 Å². The van der Waals surface area contributed by atoms with E-state index >= 15 is 0 Å². The van der Waals surface area contributed by atoms with Gasteiger partial charge in [-0.3, -0.25) is 14.9 Å². The lowest BCUT2D eigenvalue weighted by Crippen LogP contribution is -2.20. The average molecular weight is 366 g/mol. The number of imide groups is 1. The molecule has 0 saturated carbocycles. The summed E-state index contributed by atoms with van der Waals surface area (Å²) in [5.74, 6) is -2.61. The van der Waals surface area contributed by atoms with Crippen LogP contribution in [-0.4, -0.2) is 11.8 Å². The Hall–Kier alpha value is -3.74. The Morgan fingerprint density at radius 3 is 2.33 bits per heavy atom. The quantitative estimate of drug-likeness (QED) is 0.544. The number of nitrogens with two attached hydrogens (primary N) is 1. The van der Waals surface area contributed by atoms with Crippen LogP contribution in [0.3, 0.4) is 0 Å². The highest BCUT2D eigenvalue weighted by atomic mass is 19.1. The van der Waals surface area contributed by atoms with Crippen molar-refractivity contribution in [3.05, 3.63) is 77.4 Å². The van der Waals surface area contributed by atoms with Gasteiger partial charge in [-0.1, -0.05) is 12.1 Å². The molecule has 0 unspecified atom stereocenters. The number of carbonyl (C=O) groups is 2. The van der Waals surface area contributed by atoms with Gasteiger partial charge in [0.25, 0.3) is 11.8 Å². The van der Waals surface area contributed by atoms with Crippen molar-refractivity contribution in [3.8, 4) is 22.6 Å². The van der Waals surface area contributed by atoms with Gasteiger partial charge in [-0.2, -0.15) is 0 Å². The molecule has 1 aliphatic heterocycles. The maximum atomic E-state index is 14.0. The molecule has 0 bridgehead atoms. The number of hydrogen-bond acceptors (Lipinski definition) is 4. The molecule has 0 spiro atoms. The summed E-state index contributed by atoms with van der Waals surface area (Å²) in [6.07, 6.45) is 0. The summed E-state index contributed by atoms with van der Waals surface area (Å²) >= 11 is 0. The fraction of sp³-hybridized carbons (Fsp3) is 0. The number of benzene rings is 3. The van der Waals surface area contributed by atoms with Gasteiger partial charge in [0.05, 0.1) is 11.1 Å². The van der Waals surface area contributed by atoms with Gasteiger partial charge in [0.1, 0.15) is 11.6 Å². The third kappa shape index (κ3) is 2.89. The molecule has 5 nitrogen and oxygen atoms in total. The van der Waals surface area contributed by atoms with Crippen LogP contribution >= 0.6 is 0 Å². The number of anilines is 1. The average Bonchev–Trinajstić information content (AvgIpc) is 2.93. The van der Waals surface area contributed by atoms with E-state index in [2.05, 4.69) is 5.32 Å². The van der Waals surface area contributed by atoms with Crippen molar-refractivity contribution in [2.24, 2.45) is 0 Å². The van der Waals surface area contributed by atoms with Crippen LogP contribution in [0.15, 0.2) is 54.6 Å². The first-order chi connectivity index (χ1) is 12.9. The van der Waals surface area contributed by atoms with Crippen LogP contribution in [0.25, 0.3) is 11.1 Å². The third-order valence-electron chi connectivity index (χ3n) is 4.17. The van der Waals surface area contributed by atoms with Crippen LogP contribution in [-0.2, 0) is 0 Å². The van der Waals surface area contributed by atoms with Gasteiger partial charge in [-0.05, 0) is 42.0 Å². The van der Waals surface area contributed by atoms with Gasteiger partial charge in [0.15, 0.2) is 11.6 Å². The van der Waals surface area contributed by atoms with Crippen LogP contribution in [0.2, 0.25) is 0 Å². The van der Waals surface area contributed by atoms with Crippen LogP contribution in [0, 0.1) is 11.6 Å². The standard InChI is InChI=1S/C20H12F2N2O3/c21-10-4-6-17(15(22)8-10)27-16-7-5-11(23)9-14(16)12-2-1-3-13-18(12)20(26)24-19(13)25/h1-9H,23H2,(H,24,25,26). The summed E-state index contributed by atoms with van der Waals surface area (Å²) in [5.41, 5.74) is 7.50. The molecule has 0 saturated heterocycles. The molecular weight excluding hydrogens is 354 g/mol. The van der Waals surface area contributed by atoms with E-state index in [1.165, 1.54) is 12.1 Å². The molecule has 134 valence electrons. The lowest BCUT2D eigenvalue weighted by Gasteiger charge is -2.14. The number of hydrogen-bond donors (Lipinski definition) is 2. The van der Waals surface area contributed by atoms with Crippen molar-refractivity contribution >= 4 is 17.5 Å². The summed E-state index contributed by atoms with van der Waals surface area (Å²) in [4.78, 5) is 24.1. The summed E-state index contributed by atoms with van der Waals surface area (Å²) in [6, 6.07) is 12.4. The highest BCUT2D eigenvalue weighted by Crippen LogP contribution is 2.39. The molecule has 1 aliphatic rings. The maximum absolute atomic E-state index is 14.0. The third-order valence-corrected chi connectivity index (χ3v) is 4.17. The minimum Gasteiger partial charge on any atom is -0.454 e. The zero-order valence-corrected chi connectivity index (χ0v) is 13.8. The van der Waals surface area contributed by atoms with E-state index in [9.17, 15) is 18.4 Å². The monoisotopic (exact) mass is 366 g/mol. The molecule has 3 aromatic carbocycles. The van der Waals surface area contributed by atoms with E-state index in [4.69, 9.17) is 10.5 Å². The second-order valence-electron chi connectivity index (χ2n) is 5.94. The van der Waals surface area contributed by atoms with Crippen LogP contribution in [0.5, 0.6) is 11.5 Å². The predicted molar refractivity (Wildman–Crippen MR) is 94.5 cm³/mol. The molecule has 1 heterocycles. The summed E-state index contributed by atoms with van der Waals surface area (Å²) < 4.78 is 32.7. The normalized spacial score (nSPS) is 12.7. The van der Waals surface area contributed by atoms with Crippen molar-refractivity contribution in [1.82, 2.24) is 5.32 Å². The lowest BCUT2D eigenvalue weighted by atomic mass is 9.95. The van der Waals surface area contributed by atoms with E-state index in [0.717, 1.165) is 12.1 Å². The van der Waals surface area contributed by atoms with Gasteiger partial charge in [-0.15, -0.1) is 0 Å². The van der Waals surface area contributed by atoms with Crippen molar-refractivity contribution in [3.63, 3.8) is 0 Å². The van der Waals surface area contributed by atoms with Gasteiger partial charge in [-0.25, -0.2) is 8.78 Å². The second kappa shape index (κ2) is 6.21. The molecule has 3 aromatic rings. The van der Waals surface area contributed by atoms with Crippen molar-refractivity contribution in [2.45, 2.75) is 0 Å². The molecule has 0 atom stereocenters. The van der Waals surface area contributed by atoms with E-state index in [0.29, 0.717) is 22.9 Å². The number of nitrogen functional groups attached to an aromatic ring is 1. The summed E-state index contributed by atoms with van der Waals surface area (Å²) in [6.45, 7) is 0. The highest BCUT2D eigenvalue weighted by molar-refractivity contribution is 6.24. The minimum absolute atomic E-state index is 0.185. The topological polar surface area (TPSA) is 81.4 Å². The first-order valence-electron chi connectivity index (χ1n) is 7.95.